The summed E-state index contributed by atoms with van der Waals surface area (Å²) in [5, 5.41) is 8.39. The van der Waals surface area contributed by atoms with Gasteiger partial charge < -0.3 is 0 Å². The van der Waals surface area contributed by atoms with Crippen molar-refractivity contribution in [1.82, 2.24) is 0 Å². The van der Waals surface area contributed by atoms with Gasteiger partial charge in [0.05, 0.1) is 0 Å². The zero-order valence-corrected chi connectivity index (χ0v) is 34.9. The van der Waals surface area contributed by atoms with Crippen LogP contribution in [-0.4, -0.2) is 58.2 Å². The van der Waals surface area contributed by atoms with E-state index in [1.807, 2.05) is 0 Å². The summed E-state index contributed by atoms with van der Waals surface area (Å²) >= 11 is 4.83. The molecule has 3 radical (unpaired) electrons. The average Bonchev–Trinajstić information content (AvgIpc) is 3.20. The second-order valence-corrected chi connectivity index (χ2v) is 16.5. The fourth-order valence-electron chi connectivity index (χ4n) is 4.73. The molecule has 0 spiro atoms. The zero-order valence-electron chi connectivity index (χ0n) is 28.0. The molecule has 0 N–H and O–H groups in total. The average molecular weight is 928 g/mol. The Morgan fingerprint density at radius 3 is 0.667 bits per heavy atom. The van der Waals surface area contributed by atoms with Gasteiger partial charge in [0.25, 0.3) is 0 Å². The minimum atomic E-state index is -0.603. The Morgan fingerprint density at radius 1 is 0.373 bits per heavy atom. The molecule has 4 nitrogen and oxygen atoms in total. The molecule has 0 bridgehead atoms. The first-order valence-electron chi connectivity index (χ1n) is 15.6. The Bertz CT molecular complexity index is 1590. The standard InChI is InChI=1S/2C18H15P.C6H6O4Se2.Rh/c2*1-4-10-16(11-5-1)19(17-12-6-2-7-13-17)18-14-8-3-9-15-18;1-9-5(7)3(11)4(12)6(8)10-2;/h2*1-15H;1-2H3;/b;;4-3-;. The maximum Gasteiger partial charge on any atom is 0 e. The summed E-state index contributed by atoms with van der Waals surface area (Å²) in [5.74, 6) is -1.21. The Balaban J connectivity index is 0.000000211. The van der Waals surface area contributed by atoms with Gasteiger partial charge in [-0.05, 0) is 47.7 Å². The van der Waals surface area contributed by atoms with Crippen molar-refractivity contribution in [3.8, 4) is 0 Å². The van der Waals surface area contributed by atoms with E-state index in [1.165, 1.54) is 46.0 Å². The van der Waals surface area contributed by atoms with E-state index in [1.54, 1.807) is 0 Å². The van der Waals surface area contributed by atoms with Crippen LogP contribution in [0.5, 0.6) is 0 Å². The van der Waals surface area contributed by atoms with Crippen molar-refractivity contribution in [3.63, 3.8) is 0 Å². The molecule has 6 aromatic carbocycles. The summed E-state index contributed by atoms with van der Waals surface area (Å²) < 4.78 is 8.92. The molecule has 6 rings (SSSR count). The van der Waals surface area contributed by atoms with Crippen molar-refractivity contribution in [2.24, 2.45) is 0 Å². The number of methoxy groups -OCH3 is 2. The number of hydrogen-bond donors (Lipinski definition) is 0. The molecular weight excluding hydrogens is 891 g/mol. The zero-order chi connectivity index (χ0) is 35.6. The Labute approximate surface area is 333 Å². The number of carbonyl (C=O) groups is 2. The number of esters is 2. The van der Waals surface area contributed by atoms with E-state index in [0.717, 1.165) is 0 Å². The summed E-state index contributed by atoms with van der Waals surface area (Å²) in [4.78, 5) is 21.7. The molecule has 0 heterocycles. The van der Waals surface area contributed by atoms with Gasteiger partial charge in [0.15, 0.2) is 0 Å². The largest absolute Gasteiger partial charge is 0.0622 e. The van der Waals surface area contributed by atoms with Crippen LogP contribution in [0.1, 0.15) is 0 Å². The third-order valence-electron chi connectivity index (χ3n) is 7.03. The molecule has 0 saturated heterocycles. The van der Waals surface area contributed by atoms with Crippen LogP contribution in [0.25, 0.3) is 0 Å². The van der Waals surface area contributed by atoms with Crippen LogP contribution in [0.4, 0.5) is 0 Å². The Hall–Kier alpha value is -3.48. The summed E-state index contributed by atoms with van der Waals surface area (Å²) in [6, 6.07) is 64.7. The van der Waals surface area contributed by atoms with Crippen molar-refractivity contribution in [2.45, 2.75) is 0 Å². The molecule has 0 fully saturated rings. The molecular formula is C42H36O4P2RhSe2. The van der Waals surface area contributed by atoms with Gasteiger partial charge in [0.2, 0.25) is 0 Å². The van der Waals surface area contributed by atoms with Crippen molar-refractivity contribution in [3.05, 3.63) is 191 Å². The van der Waals surface area contributed by atoms with Crippen molar-refractivity contribution in [1.29, 1.82) is 0 Å². The van der Waals surface area contributed by atoms with Gasteiger partial charge in [-0.2, -0.15) is 0 Å². The molecule has 0 aliphatic heterocycles. The molecule has 0 aliphatic carbocycles. The van der Waals surface area contributed by atoms with Gasteiger partial charge in [-0.3, -0.25) is 0 Å². The van der Waals surface area contributed by atoms with Gasteiger partial charge in [-0.25, -0.2) is 0 Å². The van der Waals surface area contributed by atoms with Crippen LogP contribution in [-0.2, 0) is 38.5 Å². The summed E-state index contributed by atoms with van der Waals surface area (Å²) in [6.45, 7) is 0. The van der Waals surface area contributed by atoms with Crippen LogP contribution >= 0.6 is 15.8 Å². The first-order valence-corrected chi connectivity index (χ1v) is 20.0. The Kier molecular flexibility index (Phi) is 19.0. The molecule has 0 saturated carbocycles. The van der Waals surface area contributed by atoms with Gasteiger partial charge >= 0.3 is 86.2 Å². The molecule has 51 heavy (non-hydrogen) atoms. The molecule has 0 aromatic heterocycles. The van der Waals surface area contributed by atoms with Crippen LogP contribution in [0, 0.1) is 0 Å². The van der Waals surface area contributed by atoms with Crippen LogP contribution < -0.4 is 31.8 Å². The van der Waals surface area contributed by atoms with Gasteiger partial charge in [0, 0.05) is 19.5 Å². The van der Waals surface area contributed by atoms with Gasteiger partial charge in [-0.15, -0.1) is 0 Å². The van der Waals surface area contributed by atoms with E-state index in [9.17, 15) is 9.59 Å². The third kappa shape index (κ3) is 12.9. The van der Waals surface area contributed by atoms with Crippen molar-refractivity contribution in [2.75, 3.05) is 14.2 Å². The van der Waals surface area contributed by atoms with E-state index in [0.29, 0.717) is 0 Å². The van der Waals surface area contributed by atoms with Crippen LogP contribution in [0.3, 0.4) is 0 Å². The topological polar surface area (TPSA) is 52.6 Å². The monoisotopic (exact) mass is 929 g/mol. The second-order valence-electron chi connectivity index (χ2n) is 10.3. The summed E-state index contributed by atoms with van der Waals surface area (Å²) in [5.41, 5.74) is 0. The molecule has 259 valence electrons. The predicted octanol–water partition coefficient (Wildman–Crippen LogP) is 5.77. The van der Waals surface area contributed by atoms with E-state index in [2.05, 4.69) is 223 Å². The maximum atomic E-state index is 10.8. The molecule has 0 atom stereocenters. The predicted molar refractivity (Wildman–Crippen MR) is 213 cm³/mol. The Morgan fingerprint density at radius 2 is 0.529 bits per heavy atom. The van der Waals surface area contributed by atoms with Crippen molar-refractivity contribution >= 4 is 91.6 Å². The van der Waals surface area contributed by atoms with Gasteiger partial charge in [-0.1, -0.05) is 182 Å². The summed E-state index contributed by atoms with van der Waals surface area (Å²) in [7, 11) is 1.56. The molecule has 6 aromatic rings. The number of rotatable bonds is 8. The molecule has 0 amide bonds. The number of hydrogen-bond acceptors (Lipinski definition) is 4. The minimum absolute atomic E-state index is 0. The molecule has 9 heteroatoms. The van der Waals surface area contributed by atoms with Crippen LogP contribution in [0.2, 0.25) is 0 Å². The fourth-order valence-corrected chi connectivity index (χ4v) is 10.0. The number of carbonyl (C=O) groups excluding carboxylic acids is 2. The molecule has 0 unspecified atom stereocenters. The SMILES string of the molecule is COC(=O)/C([Se])=C(/[Se])C(=O)OC.[Rh].c1ccc(P(c2ccccc2)c2ccccc2)cc1.c1ccc(P(c2ccccc2)c2ccccc2)cc1. The van der Waals surface area contributed by atoms with Gasteiger partial charge in [0.1, 0.15) is 0 Å². The second kappa shape index (κ2) is 23.2. The first-order chi connectivity index (χ1) is 24.4. The normalized spacial score (nSPS) is 10.6. The fraction of sp³-hybridized carbons (Fsp3) is 0.0476. The number of benzene rings is 6. The number of ether oxygens (including phenoxy) is 2. The maximum absolute atomic E-state index is 10.8. The summed E-state index contributed by atoms with van der Waals surface area (Å²) in [6.07, 6.45) is 0. The van der Waals surface area contributed by atoms with Crippen LogP contribution in [0.15, 0.2) is 191 Å². The quantitative estimate of drug-likeness (QED) is 0.0844. The minimum Gasteiger partial charge on any atom is -0.0622 e. The molecule has 0 aliphatic rings. The van der Waals surface area contributed by atoms with E-state index in [4.69, 9.17) is 0 Å². The van der Waals surface area contributed by atoms with E-state index < -0.39 is 27.8 Å². The smallest absolute Gasteiger partial charge is 0 e. The van der Waals surface area contributed by atoms with Crippen molar-refractivity contribution < 1.29 is 38.5 Å². The van der Waals surface area contributed by atoms with E-state index in [-0.39, 0.29) is 28.4 Å². The first kappa shape index (κ1) is 41.9. The third-order valence-corrected chi connectivity index (χ3v) is 14.1. The van der Waals surface area contributed by atoms with E-state index >= 15 is 0 Å².